The van der Waals surface area contributed by atoms with Crippen LogP contribution in [0.15, 0.2) is 72.8 Å². The third-order valence-electron chi connectivity index (χ3n) is 7.59. The maximum atomic E-state index is 13.9. The number of ether oxygens (including phenoxy) is 1. The predicted octanol–water partition coefficient (Wildman–Crippen LogP) is 7.46. The number of carbonyl (C=O) groups excluding carboxylic acids is 2. The molecule has 0 saturated carbocycles. The van der Waals surface area contributed by atoms with Gasteiger partial charge < -0.3 is 20.7 Å². The van der Waals surface area contributed by atoms with Gasteiger partial charge in [0.2, 0.25) is 0 Å². The van der Waals surface area contributed by atoms with Crippen LogP contribution in [-0.4, -0.2) is 48.6 Å². The molecule has 0 fully saturated rings. The molecular formula is C37H43F2N3O3S. The smallest absolute Gasteiger partial charge is 0.338 e. The van der Waals surface area contributed by atoms with Gasteiger partial charge in [-0.05, 0) is 104 Å². The van der Waals surface area contributed by atoms with Gasteiger partial charge in [0.05, 0.1) is 5.56 Å². The summed E-state index contributed by atoms with van der Waals surface area (Å²) in [6.45, 7) is 9.88. The Morgan fingerprint density at radius 1 is 0.891 bits per heavy atom. The fourth-order valence-electron chi connectivity index (χ4n) is 5.46. The number of carbonyl (C=O) groups is 2. The predicted molar refractivity (Wildman–Crippen MR) is 181 cm³/mol. The number of thiophene rings is 1. The van der Waals surface area contributed by atoms with Crippen molar-refractivity contribution in [2.75, 3.05) is 19.6 Å². The number of hydrogen-bond donors (Lipinski definition) is 2. The molecular weight excluding hydrogens is 604 g/mol. The van der Waals surface area contributed by atoms with E-state index >= 15 is 0 Å². The van der Waals surface area contributed by atoms with Gasteiger partial charge in [-0.15, -0.1) is 11.3 Å². The SMILES string of the molecule is CCCN(CCC)C(=O)c1cc(C)cc(C(=O)OC(CNCc2cccc(-c3ccc(C)s3)c2)C(N)Cc2cc(F)cc(F)c2)c1. The summed E-state index contributed by atoms with van der Waals surface area (Å²) in [6, 6.07) is 19.9. The molecule has 1 aromatic heterocycles. The topological polar surface area (TPSA) is 84.7 Å². The van der Waals surface area contributed by atoms with Gasteiger partial charge in [0.15, 0.2) is 0 Å². The first kappa shape index (κ1) is 34.9. The molecule has 2 unspecified atom stereocenters. The number of nitrogens with two attached hydrogens (primary N) is 1. The third-order valence-corrected chi connectivity index (χ3v) is 8.64. The lowest BCUT2D eigenvalue weighted by atomic mass is 10.0. The molecule has 4 rings (SSSR count). The van der Waals surface area contributed by atoms with Gasteiger partial charge in [-0.2, -0.15) is 0 Å². The fourth-order valence-corrected chi connectivity index (χ4v) is 6.33. The zero-order valence-corrected chi connectivity index (χ0v) is 27.8. The Morgan fingerprint density at radius 3 is 2.24 bits per heavy atom. The molecule has 46 heavy (non-hydrogen) atoms. The first-order valence-electron chi connectivity index (χ1n) is 15.7. The average molecular weight is 648 g/mol. The van der Waals surface area contributed by atoms with Gasteiger partial charge in [0, 0.05) is 53.6 Å². The zero-order chi connectivity index (χ0) is 33.2. The number of hydrogen-bond acceptors (Lipinski definition) is 6. The summed E-state index contributed by atoms with van der Waals surface area (Å²) in [4.78, 5) is 31.1. The van der Waals surface area contributed by atoms with Crippen molar-refractivity contribution in [3.05, 3.63) is 117 Å². The van der Waals surface area contributed by atoms with Crippen molar-refractivity contribution in [3.63, 3.8) is 0 Å². The van der Waals surface area contributed by atoms with Crippen molar-refractivity contribution in [1.82, 2.24) is 10.2 Å². The van der Waals surface area contributed by atoms with E-state index in [1.54, 1.807) is 34.4 Å². The maximum absolute atomic E-state index is 13.9. The van der Waals surface area contributed by atoms with Gasteiger partial charge >= 0.3 is 5.97 Å². The first-order chi connectivity index (χ1) is 22.1. The molecule has 0 radical (unpaired) electrons. The van der Waals surface area contributed by atoms with E-state index in [4.69, 9.17) is 10.5 Å². The summed E-state index contributed by atoms with van der Waals surface area (Å²) in [7, 11) is 0. The molecule has 3 aromatic carbocycles. The fraction of sp³-hybridized carbons (Fsp3) is 0.351. The molecule has 3 N–H and O–H groups in total. The molecule has 4 aromatic rings. The molecule has 244 valence electrons. The minimum atomic E-state index is -0.835. The number of benzene rings is 3. The second-order valence-electron chi connectivity index (χ2n) is 11.7. The summed E-state index contributed by atoms with van der Waals surface area (Å²) in [5, 5.41) is 3.35. The molecule has 2 atom stereocenters. The summed E-state index contributed by atoms with van der Waals surface area (Å²) < 4.78 is 33.9. The van der Waals surface area contributed by atoms with Gasteiger partial charge in [0.25, 0.3) is 5.91 Å². The van der Waals surface area contributed by atoms with Crippen molar-refractivity contribution in [3.8, 4) is 10.4 Å². The Kier molecular flexibility index (Phi) is 12.6. The minimum absolute atomic E-state index is 0.0854. The quantitative estimate of drug-likeness (QED) is 0.131. The van der Waals surface area contributed by atoms with Crippen LogP contribution in [0.1, 0.15) is 69.0 Å². The number of esters is 1. The number of nitrogens with zero attached hydrogens (tertiary/aromatic N) is 1. The lowest BCUT2D eigenvalue weighted by Gasteiger charge is -2.25. The molecule has 0 bridgehead atoms. The molecule has 1 amide bonds. The third kappa shape index (κ3) is 9.79. The highest BCUT2D eigenvalue weighted by molar-refractivity contribution is 7.15. The van der Waals surface area contributed by atoms with E-state index in [9.17, 15) is 18.4 Å². The summed E-state index contributed by atoms with van der Waals surface area (Å²) in [6.07, 6.45) is 0.902. The Balaban J connectivity index is 1.52. The van der Waals surface area contributed by atoms with Gasteiger partial charge in [-0.1, -0.05) is 32.0 Å². The Hall–Kier alpha value is -3.92. The number of aryl methyl sites for hydroxylation is 2. The standard InChI is InChI=1S/C37H43F2N3O3S/c1-5-12-42(13-6-2)36(43)29-14-24(3)15-30(20-29)37(44)45-34(33(40)19-27-17-31(38)21-32(39)18-27)23-41-22-26-8-7-9-28(16-26)35-11-10-25(4)46-35/h7-11,14-18,20-21,33-34,41H,5-6,12-13,19,22-23,40H2,1-4H3. The van der Waals surface area contributed by atoms with Crippen molar-refractivity contribution in [2.24, 2.45) is 5.73 Å². The van der Waals surface area contributed by atoms with Gasteiger partial charge in [-0.3, -0.25) is 4.79 Å². The van der Waals surface area contributed by atoms with Crippen molar-refractivity contribution < 1.29 is 23.1 Å². The molecule has 0 aliphatic carbocycles. The van der Waals surface area contributed by atoms with E-state index < -0.39 is 29.7 Å². The number of rotatable bonds is 15. The molecule has 0 aliphatic rings. The van der Waals surface area contributed by atoms with Crippen molar-refractivity contribution in [1.29, 1.82) is 0 Å². The Bertz CT molecular complexity index is 1610. The highest BCUT2D eigenvalue weighted by Gasteiger charge is 2.25. The normalized spacial score (nSPS) is 12.5. The van der Waals surface area contributed by atoms with E-state index in [1.165, 1.54) is 21.9 Å². The zero-order valence-electron chi connectivity index (χ0n) is 26.9. The number of nitrogens with one attached hydrogen (secondary N) is 1. The second kappa shape index (κ2) is 16.6. The molecule has 0 aliphatic heterocycles. The molecule has 1 heterocycles. The van der Waals surface area contributed by atoms with Crippen LogP contribution in [0.5, 0.6) is 0 Å². The molecule has 0 spiro atoms. The average Bonchev–Trinajstić information content (AvgIpc) is 3.45. The van der Waals surface area contributed by atoms with Crippen LogP contribution >= 0.6 is 11.3 Å². The van der Waals surface area contributed by atoms with E-state index in [0.29, 0.717) is 30.8 Å². The van der Waals surface area contributed by atoms with Crippen molar-refractivity contribution in [2.45, 2.75) is 65.6 Å². The van der Waals surface area contributed by atoms with Crippen LogP contribution in [0.2, 0.25) is 0 Å². The van der Waals surface area contributed by atoms with Crippen LogP contribution in [0, 0.1) is 25.5 Å². The van der Waals surface area contributed by atoms with Gasteiger partial charge in [0.1, 0.15) is 17.7 Å². The highest BCUT2D eigenvalue weighted by atomic mass is 32.1. The summed E-state index contributed by atoms with van der Waals surface area (Å²) in [5.41, 5.74) is 10.5. The van der Waals surface area contributed by atoms with Crippen LogP contribution in [0.4, 0.5) is 8.78 Å². The summed E-state index contributed by atoms with van der Waals surface area (Å²) >= 11 is 1.73. The second-order valence-corrected chi connectivity index (χ2v) is 13.0. The molecule has 6 nitrogen and oxygen atoms in total. The van der Waals surface area contributed by atoms with Crippen LogP contribution in [-0.2, 0) is 17.7 Å². The lowest BCUT2D eigenvalue weighted by molar-refractivity contribution is 0.0238. The number of halogens is 2. The van der Waals surface area contributed by atoms with Gasteiger partial charge in [-0.25, -0.2) is 13.6 Å². The van der Waals surface area contributed by atoms with E-state index in [2.05, 4.69) is 36.5 Å². The molecule has 0 saturated heterocycles. The largest absolute Gasteiger partial charge is 0.456 e. The number of amides is 1. The van der Waals surface area contributed by atoms with Crippen molar-refractivity contribution >= 4 is 23.2 Å². The first-order valence-corrected chi connectivity index (χ1v) is 16.6. The Labute approximate surface area is 274 Å². The van der Waals surface area contributed by atoms with E-state index in [1.807, 2.05) is 32.9 Å². The Morgan fingerprint density at radius 2 is 1.59 bits per heavy atom. The van der Waals surface area contributed by atoms with Crippen LogP contribution in [0.25, 0.3) is 10.4 Å². The van der Waals surface area contributed by atoms with E-state index in [0.717, 1.165) is 35.6 Å². The highest BCUT2D eigenvalue weighted by Crippen LogP contribution is 2.28. The van der Waals surface area contributed by atoms with Crippen LogP contribution < -0.4 is 11.1 Å². The van der Waals surface area contributed by atoms with E-state index in [-0.39, 0.29) is 24.4 Å². The van der Waals surface area contributed by atoms with Crippen LogP contribution in [0.3, 0.4) is 0 Å². The lowest BCUT2D eigenvalue weighted by Crippen LogP contribution is -2.46. The monoisotopic (exact) mass is 647 g/mol. The minimum Gasteiger partial charge on any atom is -0.456 e. The summed E-state index contributed by atoms with van der Waals surface area (Å²) in [5.74, 6) is -2.17. The molecule has 9 heteroatoms. The maximum Gasteiger partial charge on any atom is 0.338 e.